The molecule has 9 nitrogen and oxygen atoms in total. The molecule has 2 aromatic carbocycles. The molecule has 6 rings (SSSR count). The second kappa shape index (κ2) is 12.1. The first-order chi connectivity index (χ1) is 21.1. The number of aromatic nitrogens is 1. The molecule has 3 unspecified atom stereocenters. The highest BCUT2D eigenvalue weighted by molar-refractivity contribution is 5.94. The molecule has 2 saturated heterocycles. The number of carbonyl (C=O) groups excluding carboxylic acids is 2. The van der Waals surface area contributed by atoms with E-state index >= 15 is 0 Å². The monoisotopic (exact) mass is 617 g/mol. The number of hydrogen-bond donors (Lipinski definition) is 1. The molecule has 3 atom stereocenters. The van der Waals surface area contributed by atoms with Crippen molar-refractivity contribution in [2.75, 3.05) is 19.0 Å². The smallest absolute Gasteiger partial charge is 0.465 e. The molecule has 2 amide bonds. The van der Waals surface area contributed by atoms with Crippen LogP contribution in [0.2, 0.25) is 0 Å². The number of fused-ring (bicyclic) bond motifs is 2. The molecular formula is C31H31F4N3O6. The molecule has 1 saturated carbocycles. The Kier molecular flexibility index (Phi) is 8.23. The number of piperidine rings is 1. The van der Waals surface area contributed by atoms with Gasteiger partial charge in [-0.05, 0) is 68.9 Å². The van der Waals surface area contributed by atoms with Crippen LogP contribution in [0.1, 0.15) is 66.1 Å². The van der Waals surface area contributed by atoms with Crippen LogP contribution in [-0.4, -0.2) is 54.2 Å². The predicted octanol–water partition coefficient (Wildman–Crippen LogP) is 7.04. The number of methoxy groups -OCH3 is 1. The molecule has 3 aliphatic rings. The van der Waals surface area contributed by atoms with Crippen molar-refractivity contribution in [2.45, 2.75) is 69.5 Å². The zero-order valence-corrected chi connectivity index (χ0v) is 23.9. The number of hydrogen-bond acceptors (Lipinski definition) is 7. The lowest BCUT2D eigenvalue weighted by atomic mass is 9.91. The zero-order valence-electron chi connectivity index (χ0n) is 23.9. The van der Waals surface area contributed by atoms with Crippen molar-refractivity contribution in [3.8, 4) is 17.0 Å². The van der Waals surface area contributed by atoms with Crippen LogP contribution in [-0.2, 0) is 16.1 Å². The maximum atomic E-state index is 14.5. The molecule has 2 aliphatic heterocycles. The third-order valence-corrected chi connectivity index (χ3v) is 8.54. The molecule has 0 spiro atoms. The number of alkyl halides is 3. The van der Waals surface area contributed by atoms with Gasteiger partial charge in [-0.2, -0.15) is 0 Å². The van der Waals surface area contributed by atoms with Crippen molar-refractivity contribution in [3.05, 3.63) is 65.2 Å². The number of ether oxygens (including phenoxy) is 3. The minimum absolute atomic E-state index is 0.000573. The van der Waals surface area contributed by atoms with Crippen LogP contribution in [0.3, 0.4) is 0 Å². The highest BCUT2D eigenvalue weighted by Crippen LogP contribution is 2.46. The van der Waals surface area contributed by atoms with E-state index in [4.69, 9.17) is 14.0 Å². The lowest BCUT2D eigenvalue weighted by Gasteiger charge is -2.40. The number of benzene rings is 2. The summed E-state index contributed by atoms with van der Waals surface area (Å²) in [7, 11) is 1.22. The van der Waals surface area contributed by atoms with Crippen LogP contribution in [0.4, 0.5) is 28.0 Å². The quantitative estimate of drug-likeness (QED) is 0.203. The largest absolute Gasteiger partial charge is 0.573 e. The number of nitrogens with zero attached hydrogens (tertiary/aromatic N) is 2. The van der Waals surface area contributed by atoms with Gasteiger partial charge in [0.2, 0.25) is 0 Å². The van der Waals surface area contributed by atoms with Gasteiger partial charge >= 0.3 is 18.4 Å². The summed E-state index contributed by atoms with van der Waals surface area (Å²) in [5.74, 6) is -0.978. The van der Waals surface area contributed by atoms with Crippen molar-refractivity contribution < 1.29 is 45.9 Å². The van der Waals surface area contributed by atoms with Gasteiger partial charge in [0.05, 0.1) is 31.6 Å². The first-order valence-electron chi connectivity index (χ1n) is 14.5. The van der Waals surface area contributed by atoms with E-state index in [1.54, 1.807) is 11.0 Å². The summed E-state index contributed by atoms with van der Waals surface area (Å²) in [4.78, 5) is 27.0. The van der Waals surface area contributed by atoms with Crippen molar-refractivity contribution >= 4 is 17.7 Å². The lowest BCUT2D eigenvalue weighted by Crippen LogP contribution is -2.51. The van der Waals surface area contributed by atoms with Gasteiger partial charge in [-0.25, -0.2) is 14.0 Å². The fourth-order valence-electron chi connectivity index (χ4n) is 6.34. The Hall–Kier alpha value is -4.13. The number of nitrogens with one attached hydrogen (secondary N) is 1. The highest BCUT2D eigenvalue weighted by atomic mass is 19.4. The summed E-state index contributed by atoms with van der Waals surface area (Å²) >= 11 is 0. The average molecular weight is 618 g/mol. The number of anilines is 1. The summed E-state index contributed by atoms with van der Waals surface area (Å²) in [6.07, 6.45) is 0.0328. The lowest BCUT2D eigenvalue weighted by molar-refractivity contribution is -0.274. The standard InChI is InChI=1S/C31H31F4N3O6/c1-41-29(39)18-9-12-23(32)24(14-18)36-30(40)38-20-10-8-19(25(38)13-11-20)15-42-16-22-27(37-44-28(22)17-6-7-17)21-4-2-3-5-26(21)43-31(33,34)35/h2-5,9,12,14,17,19-20,25H,6-8,10-11,13,15-16H2,1H3,(H,36,40). The topological polar surface area (TPSA) is 103 Å². The molecule has 3 fully saturated rings. The molecule has 234 valence electrons. The second-order valence-corrected chi connectivity index (χ2v) is 11.4. The summed E-state index contributed by atoms with van der Waals surface area (Å²) in [5, 5.41) is 6.75. The highest BCUT2D eigenvalue weighted by Gasteiger charge is 2.45. The zero-order chi connectivity index (χ0) is 31.0. The van der Waals surface area contributed by atoms with Gasteiger partial charge in [-0.1, -0.05) is 17.3 Å². The van der Waals surface area contributed by atoms with Crippen molar-refractivity contribution in [3.63, 3.8) is 0 Å². The van der Waals surface area contributed by atoms with E-state index in [1.807, 2.05) is 0 Å². The molecule has 3 heterocycles. The van der Waals surface area contributed by atoms with Gasteiger partial charge in [0.1, 0.15) is 23.0 Å². The fraction of sp³-hybridized carbons (Fsp3) is 0.452. The van der Waals surface area contributed by atoms with Crippen LogP contribution in [0.15, 0.2) is 47.0 Å². The number of esters is 1. The Morgan fingerprint density at radius 3 is 2.59 bits per heavy atom. The van der Waals surface area contributed by atoms with Crippen molar-refractivity contribution in [1.29, 1.82) is 0 Å². The Bertz CT molecular complexity index is 1540. The number of halogens is 4. The van der Waals surface area contributed by atoms with Crippen LogP contribution in [0.25, 0.3) is 11.3 Å². The van der Waals surface area contributed by atoms with Crippen molar-refractivity contribution in [2.24, 2.45) is 5.92 Å². The number of para-hydroxylation sites is 1. The van der Waals surface area contributed by atoms with Gasteiger partial charge in [0.15, 0.2) is 0 Å². The molecular weight excluding hydrogens is 586 g/mol. The van der Waals surface area contributed by atoms with Crippen LogP contribution in [0.5, 0.6) is 5.75 Å². The Morgan fingerprint density at radius 2 is 1.84 bits per heavy atom. The third-order valence-electron chi connectivity index (χ3n) is 8.54. The molecule has 1 N–H and O–H groups in total. The SMILES string of the molecule is COC(=O)c1ccc(F)c(NC(=O)N2C3CCC(COCc4c(-c5ccccc5OC(F)(F)F)noc4C4CC4)C2CC3)c1. The van der Waals surface area contributed by atoms with Crippen LogP contribution < -0.4 is 10.1 Å². The molecule has 1 aromatic heterocycles. The maximum absolute atomic E-state index is 14.5. The minimum Gasteiger partial charge on any atom is -0.465 e. The number of rotatable bonds is 9. The van der Waals surface area contributed by atoms with Gasteiger partial charge in [0, 0.05) is 35.0 Å². The Balaban J connectivity index is 1.15. The summed E-state index contributed by atoms with van der Waals surface area (Å²) in [6.45, 7) is 0.359. The molecule has 13 heteroatoms. The van der Waals surface area contributed by atoms with E-state index in [2.05, 4.69) is 15.2 Å². The van der Waals surface area contributed by atoms with Crippen molar-refractivity contribution in [1.82, 2.24) is 10.1 Å². The van der Waals surface area contributed by atoms with Crippen LogP contribution >= 0.6 is 0 Å². The molecule has 1 aliphatic carbocycles. The maximum Gasteiger partial charge on any atom is 0.573 e. The van der Waals surface area contributed by atoms with E-state index in [0.29, 0.717) is 17.9 Å². The molecule has 2 bridgehead atoms. The van der Waals surface area contributed by atoms with E-state index in [9.17, 15) is 27.2 Å². The molecule has 0 radical (unpaired) electrons. The number of amides is 2. The average Bonchev–Trinajstić information content (AvgIpc) is 3.67. The van der Waals surface area contributed by atoms with E-state index in [1.165, 1.54) is 37.4 Å². The van der Waals surface area contributed by atoms with Gasteiger partial charge in [-0.3, -0.25) is 0 Å². The number of carbonyl (C=O) groups is 2. The van der Waals surface area contributed by atoms with Gasteiger partial charge < -0.3 is 29.0 Å². The third kappa shape index (κ3) is 6.23. The first kappa shape index (κ1) is 29.9. The minimum atomic E-state index is -4.87. The second-order valence-electron chi connectivity index (χ2n) is 11.4. The van der Waals surface area contributed by atoms with E-state index in [0.717, 1.165) is 44.6 Å². The summed E-state index contributed by atoms with van der Waals surface area (Å²) < 4.78 is 74.6. The Labute approximate surface area is 250 Å². The van der Waals surface area contributed by atoms with Crippen LogP contribution in [0, 0.1) is 11.7 Å². The van der Waals surface area contributed by atoms with E-state index < -0.39 is 24.2 Å². The molecule has 44 heavy (non-hydrogen) atoms. The van der Waals surface area contributed by atoms with E-state index in [-0.39, 0.29) is 58.8 Å². The van der Waals surface area contributed by atoms with Gasteiger partial charge in [0.25, 0.3) is 0 Å². The fourth-order valence-corrected chi connectivity index (χ4v) is 6.34. The summed E-state index contributed by atoms with van der Waals surface area (Å²) in [6, 6.07) is 8.81. The first-order valence-corrected chi connectivity index (χ1v) is 14.5. The summed E-state index contributed by atoms with van der Waals surface area (Å²) in [5.41, 5.74) is 0.984. The predicted molar refractivity (Wildman–Crippen MR) is 148 cm³/mol. The Morgan fingerprint density at radius 1 is 1.07 bits per heavy atom. The van der Waals surface area contributed by atoms with Gasteiger partial charge in [-0.15, -0.1) is 13.2 Å². The molecule has 3 aromatic rings. The normalized spacial score (nSPS) is 21.3. The number of urea groups is 1.